The third kappa shape index (κ3) is 3.04. The molecule has 0 amide bonds. The lowest BCUT2D eigenvalue weighted by atomic mass is 9.96. The maximum absolute atomic E-state index is 9.29. The first-order chi connectivity index (χ1) is 8.66. The molecule has 0 aliphatic carbocycles. The van der Waals surface area contributed by atoms with E-state index in [-0.39, 0.29) is 6.04 Å². The van der Waals surface area contributed by atoms with E-state index in [1.54, 1.807) is 12.1 Å². The highest BCUT2D eigenvalue weighted by Crippen LogP contribution is 2.27. The molecule has 0 radical (unpaired) electrons. The first-order valence-electron chi connectivity index (χ1n) is 6.27. The number of anilines is 1. The maximum Gasteiger partial charge on any atom is 0.115 e. The topological polar surface area (TPSA) is 32.3 Å². The summed E-state index contributed by atoms with van der Waals surface area (Å²) < 4.78 is 0. The number of hydrogen-bond donors (Lipinski definition) is 2. The van der Waals surface area contributed by atoms with E-state index in [2.05, 4.69) is 43.4 Å². The van der Waals surface area contributed by atoms with Gasteiger partial charge in [0.05, 0.1) is 6.04 Å². The van der Waals surface area contributed by atoms with E-state index in [9.17, 15) is 5.11 Å². The van der Waals surface area contributed by atoms with Gasteiger partial charge >= 0.3 is 0 Å². The molecule has 2 aromatic carbocycles. The van der Waals surface area contributed by atoms with E-state index >= 15 is 0 Å². The highest BCUT2D eigenvalue weighted by Gasteiger charge is 2.14. The summed E-state index contributed by atoms with van der Waals surface area (Å²) in [5.74, 6) is 0.780. The molecule has 0 heterocycles. The molecule has 2 heteroatoms. The lowest BCUT2D eigenvalue weighted by Gasteiger charge is -2.24. The summed E-state index contributed by atoms with van der Waals surface area (Å²) >= 11 is 0. The molecule has 1 atom stereocenters. The van der Waals surface area contributed by atoms with Crippen LogP contribution in [-0.4, -0.2) is 5.11 Å². The summed E-state index contributed by atoms with van der Waals surface area (Å²) in [7, 11) is 0. The van der Waals surface area contributed by atoms with Crippen molar-refractivity contribution < 1.29 is 5.11 Å². The predicted octanol–water partition coefficient (Wildman–Crippen LogP) is 4.20. The van der Waals surface area contributed by atoms with Gasteiger partial charge < -0.3 is 10.4 Å². The van der Waals surface area contributed by atoms with Crippen LogP contribution in [0.4, 0.5) is 5.69 Å². The first-order valence-corrected chi connectivity index (χ1v) is 6.27. The van der Waals surface area contributed by atoms with E-state index in [4.69, 9.17) is 0 Å². The van der Waals surface area contributed by atoms with E-state index in [1.807, 2.05) is 18.2 Å². The zero-order valence-corrected chi connectivity index (χ0v) is 10.8. The van der Waals surface area contributed by atoms with E-state index in [0.717, 1.165) is 5.69 Å². The molecular formula is C16H19NO. The van der Waals surface area contributed by atoms with Gasteiger partial charge in [0.2, 0.25) is 0 Å². The highest BCUT2D eigenvalue weighted by atomic mass is 16.3. The maximum atomic E-state index is 9.29. The average Bonchev–Trinajstić information content (AvgIpc) is 2.38. The summed E-state index contributed by atoms with van der Waals surface area (Å²) in [6, 6.07) is 17.9. The Hall–Kier alpha value is -1.96. The minimum Gasteiger partial charge on any atom is -0.508 e. The smallest absolute Gasteiger partial charge is 0.115 e. The number of benzene rings is 2. The van der Waals surface area contributed by atoms with Crippen molar-refractivity contribution in [2.75, 3.05) is 5.32 Å². The average molecular weight is 241 g/mol. The predicted molar refractivity (Wildman–Crippen MR) is 75.8 cm³/mol. The van der Waals surface area contributed by atoms with Gasteiger partial charge in [-0.3, -0.25) is 0 Å². The third-order valence-electron chi connectivity index (χ3n) is 3.01. The summed E-state index contributed by atoms with van der Waals surface area (Å²) in [5.41, 5.74) is 2.30. The minimum absolute atomic E-state index is 0.274. The SMILES string of the molecule is CC(C)C(Nc1ccc(O)cc1)c1ccccc1. The van der Waals surface area contributed by atoms with Gasteiger partial charge in [-0.05, 0) is 35.7 Å². The van der Waals surface area contributed by atoms with Crippen molar-refractivity contribution in [2.24, 2.45) is 5.92 Å². The van der Waals surface area contributed by atoms with Crippen molar-refractivity contribution >= 4 is 5.69 Å². The van der Waals surface area contributed by atoms with Gasteiger partial charge in [0.15, 0.2) is 0 Å². The van der Waals surface area contributed by atoms with Gasteiger partial charge in [-0.1, -0.05) is 44.2 Å². The van der Waals surface area contributed by atoms with Crippen LogP contribution in [0.15, 0.2) is 54.6 Å². The summed E-state index contributed by atoms with van der Waals surface area (Å²) in [6.45, 7) is 4.40. The quantitative estimate of drug-likeness (QED) is 0.786. The number of aromatic hydroxyl groups is 1. The fourth-order valence-corrected chi connectivity index (χ4v) is 2.03. The number of phenolic OH excluding ortho intramolecular Hbond substituents is 1. The van der Waals surface area contributed by atoms with Crippen LogP contribution in [0.2, 0.25) is 0 Å². The molecule has 0 fully saturated rings. The van der Waals surface area contributed by atoms with Crippen LogP contribution >= 0.6 is 0 Å². The minimum atomic E-state index is 0.274. The largest absolute Gasteiger partial charge is 0.508 e. The molecule has 0 aliphatic heterocycles. The zero-order valence-electron chi connectivity index (χ0n) is 10.8. The van der Waals surface area contributed by atoms with Gasteiger partial charge in [-0.15, -0.1) is 0 Å². The second-order valence-corrected chi connectivity index (χ2v) is 4.82. The Morgan fingerprint density at radius 2 is 1.50 bits per heavy atom. The van der Waals surface area contributed by atoms with Crippen LogP contribution in [0, 0.1) is 5.92 Å². The van der Waals surface area contributed by atoms with Crippen LogP contribution in [0.5, 0.6) is 5.75 Å². The second kappa shape index (κ2) is 5.58. The van der Waals surface area contributed by atoms with Gasteiger partial charge in [-0.2, -0.15) is 0 Å². The van der Waals surface area contributed by atoms with Crippen LogP contribution in [0.3, 0.4) is 0 Å². The lowest BCUT2D eigenvalue weighted by Crippen LogP contribution is -2.16. The highest BCUT2D eigenvalue weighted by molar-refractivity contribution is 5.48. The number of rotatable bonds is 4. The summed E-state index contributed by atoms with van der Waals surface area (Å²) in [5, 5.41) is 12.8. The fraction of sp³-hybridized carbons (Fsp3) is 0.250. The van der Waals surface area contributed by atoms with Crippen molar-refractivity contribution in [3.63, 3.8) is 0 Å². The Bertz CT molecular complexity index is 476. The van der Waals surface area contributed by atoms with Gasteiger partial charge in [0.1, 0.15) is 5.75 Å². The molecule has 0 aliphatic rings. The van der Waals surface area contributed by atoms with Crippen LogP contribution in [-0.2, 0) is 0 Å². The normalized spacial score (nSPS) is 12.4. The van der Waals surface area contributed by atoms with Crippen molar-refractivity contribution in [3.05, 3.63) is 60.2 Å². The van der Waals surface area contributed by atoms with E-state index in [0.29, 0.717) is 11.7 Å². The van der Waals surface area contributed by atoms with Gasteiger partial charge in [-0.25, -0.2) is 0 Å². The summed E-state index contributed by atoms with van der Waals surface area (Å²) in [4.78, 5) is 0. The first kappa shape index (κ1) is 12.5. The summed E-state index contributed by atoms with van der Waals surface area (Å²) in [6.07, 6.45) is 0. The molecule has 0 saturated heterocycles. The van der Waals surface area contributed by atoms with Crippen molar-refractivity contribution in [2.45, 2.75) is 19.9 Å². The monoisotopic (exact) mass is 241 g/mol. The molecular weight excluding hydrogens is 222 g/mol. The molecule has 1 unspecified atom stereocenters. The number of phenols is 1. The molecule has 2 nitrogen and oxygen atoms in total. The van der Waals surface area contributed by atoms with Crippen LogP contribution < -0.4 is 5.32 Å². The Morgan fingerprint density at radius 3 is 2.06 bits per heavy atom. The molecule has 0 aromatic heterocycles. The Balaban J connectivity index is 2.19. The van der Waals surface area contributed by atoms with E-state index in [1.165, 1.54) is 5.56 Å². The third-order valence-corrected chi connectivity index (χ3v) is 3.01. The van der Waals surface area contributed by atoms with Crippen LogP contribution in [0.1, 0.15) is 25.5 Å². The fourth-order valence-electron chi connectivity index (χ4n) is 2.03. The van der Waals surface area contributed by atoms with Crippen molar-refractivity contribution in [1.82, 2.24) is 0 Å². The van der Waals surface area contributed by atoms with Crippen molar-refractivity contribution in [1.29, 1.82) is 0 Å². The standard InChI is InChI=1S/C16H19NO/c1-12(2)16(13-6-4-3-5-7-13)17-14-8-10-15(18)11-9-14/h3-12,16-18H,1-2H3. The van der Waals surface area contributed by atoms with Crippen molar-refractivity contribution in [3.8, 4) is 5.75 Å². The molecule has 2 aromatic rings. The molecule has 0 saturated carbocycles. The Labute approximate surface area is 108 Å². The molecule has 2 rings (SSSR count). The van der Waals surface area contributed by atoms with Crippen LogP contribution in [0.25, 0.3) is 0 Å². The molecule has 94 valence electrons. The zero-order chi connectivity index (χ0) is 13.0. The lowest BCUT2D eigenvalue weighted by molar-refractivity contribution is 0.475. The van der Waals surface area contributed by atoms with E-state index < -0.39 is 0 Å². The number of hydrogen-bond acceptors (Lipinski definition) is 2. The Morgan fingerprint density at radius 1 is 0.889 bits per heavy atom. The molecule has 0 bridgehead atoms. The van der Waals surface area contributed by atoms with Gasteiger partial charge in [0, 0.05) is 5.69 Å². The molecule has 0 spiro atoms. The second-order valence-electron chi connectivity index (χ2n) is 4.82. The van der Waals surface area contributed by atoms with Gasteiger partial charge in [0.25, 0.3) is 0 Å². The molecule has 18 heavy (non-hydrogen) atoms. The molecule has 2 N–H and O–H groups in total. The number of nitrogens with one attached hydrogen (secondary N) is 1. The Kier molecular flexibility index (Phi) is 3.88.